The number of nitrogens with zero attached hydrogens (tertiary/aromatic N) is 1. The fourth-order valence-corrected chi connectivity index (χ4v) is 4.90. The van der Waals surface area contributed by atoms with Crippen molar-refractivity contribution in [2.75, 3.05) is 0 Å². The van der Waals surface area contributed by atoms with E-state index < -0.39 is 0 Å². The number of hydrogen-bond acceptors (Lipinski definition) is 3. The maximum absolute atomic E-state index is 12.6. The molecular weight excluding hydrogens is 354 g/mol. The van der Waals surface area contributed by atoms with Crippen LogP contribution in [-0.4, -0.2) is 9.97 Å². The second-order valence-electron chi connectivity index (χ2n) is 6.68. The Morgan fingerprint density at radius 1 is 1.28 bits per heavy atom. The minimum atomic E-state index is 0.0203. The number of nitrogens with one attached hydrogen (secondary N) is 1. The SMILES string of the molecule is C[C@H]([NH2+]Cc1nc2sc3c(c2c(=O)[nH]1)CCCC3)c1ccc(Cl)cc1. The van der Waals surface area contributed by atoms with E-state index in [4.69, 9.17) is 16.6 Å². The molecule has 130 valence electrons. The summed E-state index contributed by atoms with van der Waals surface area (Å²) in [7, 11) is 0. The Hall–Kier alpha value is -1.69. The van der Waals surface area contributed by atoms with Gasteiger partial charge in [0.25, 0.3) is 5.56 Å². The summed E-state index contributed by atoms with van der Waals surface area (Å²) >= 11 is 7.65. The van der Waals surface area contributed by atoms with Crippen molar-refractivity contribution >= 4 is 33.2 Å². The first-order chi connectivity index (χ1) is 12.1. The van der Waals surface area contributed by atoms with E-state index in [0.717, 1.165) is 33.9 Å². The number of benzene rings is 1. The van der Waals surface area contributed by atoms with E-state index in [0.29, 0.717) is 6.54 Å². The molecule has 2 heterocycles. The maximum atomic E-state index is 12.6. The molecule has 0 radical (unpaired) electrons. The van der Waals surface area contributed by atoms with Crippen LogP contribution in [0.4, 0.5) is 0 Å². The summed E-state index contributed by atoms with van der Waals surface area (Å²) < 4.78 is 0. The molecule has 3 N–H and O–H groups in total. The van der Waals surface area contributed by atoms with Gasteiger partial charge in [-0.25, -0.2) is 4.98 Å². The van der Waals surface area contributed by atoms with Crippen molar-refractivity contribution < 1.29 is 5.32 Å². The fraction of sp³-hybridized carbons (Fsp3) is 0.368. The van der Waals surface area contributed by atoms with E-state index in [2.05, 4.69) is 17.2 Å². The molecule has 3 aromatic rings. The van der Waals surface area contributed by atoms with Gasteiger partial charge in [-0.05, 0) is 50.3 Å². The number of rotatable bonds is 4. The highest BCUT2D eigenvalue weighted by Gasteiger charge is 2.20. The number of thiophene rings is 1. The summed E-state index contributed by atoms with van der Waals surface area (Å²) in [6.07, 6.45) is 4.49. The van der Waals surface area contributed by atoms with Crippen molar-refractivity contribution in [1.82, 2.24) is 9.97 Å². The Balaban J connectivity index is 1.55. The molecule has 1 atom stereocenters. The quantitative estimate of drug-likeness (QED) is 0.735. The number of aryl methyl sites for hydroxylation is 2. The van der Waals surface area contributed by atoms with Crippen molar-refractivity contribution in [3.63, 3.8) is 0 Å². The van der Waals surface area contributed by atoms with Crippen molar-refractivity contribution in [1.29, 1.82) is 0 Å². The molecule has 6 heteroatoms. The highest BCUT2D eigenvalue weighted by molar-refractivity contribution is 7.18. The third kappa shape index (κ3) is 3.36. The van der Waals surface area contributed by atoms with E-state index in [1.54, 1.807) is 11.3 Å². The molecule has 0 bridgehead atoms. The first-order valence-corrected chi connectivity index (χ1v) is 9.93. The highest BCUT2D eigenvalue weighted by atomic mass is 35.5. The third-order valence-electron chi connectivity index (χ3n) is 4.93. The predicted molar refractivity (Wildman–Crippen MR) is 102 cm³/mol. The minimum absolute atomic E-state index is 0.0203. The molecule has 4 nitrogen and oxygen atoms in total. The normalized spacial score (nSPS) is 15.3. The Morgan fingerprint density at radius 2 is 2.04 bits per heavy atom. The standard InChI is InChI=1S/C19H20ClN3OS/c1-11(12-6-8-13(20)9-7-12)21-10-16-22-18(24)17-14-4-2-3-5-15(14)25-19(17)23-16/h6-9,11,21H,2-5,10H2,1H3,(H,22,23,24)/p+1/t11-/m0/s1. The zero-order valence-corrected chi connectivity index (χ0v) is 15.7. The van der Waals surface area contributed by atoms with Gasteiger partial charge in [0.05, 0.1) is 5.39 Å². The molecule has 2 aromatic heterocycles. The van der Waals surface area contributed by atoms with Crippen LogP contribution in [0.2, 0.25) is 5.02 Å². The zero-order valence-electron chi connectivity index (χ0n) is 14.1. The average molecular weight is 375 g/mol. The number of nitrogens with two attached hydrogens (primary N) is 1. The summed E-state index contributed by atoms with van der Waals surface area (Å²) in [6.45, 7) is 2.79. The first-order valence-electron chi connectivity index (χ1n) is 8.74. The highest BCUT2D eigenvalue weighted by Crippen LogP contribution is 2.33. The van der Waals surface area contributed by atoms with E-state index in [9.17, 15) is 4.79 Å². The lowest BCUT2D eigenvalue weighted by Crippen LogP contribution is -2.83. The summed E-state index contributed by atoms with van der Waals surface area (Å²) in [5.74, 6) is 0.747. The molecule has 0 saturated carbocycles. The molecule has 25 heavy (non-hydrogen) atoms. The van der Waals surface area contributed by atoms with Crippen LogP contribution in [0.1, 0.15) is 47.6 Å². The number of H-pyrrole nitrogens is 1. The van der Waals surface area contributed by atoms with E-state index >= 15 is 0 Å². The van der Waals surface area contributed by atoms with Gasteiger partial charge < -0.3 is 10.3 Å². The van der Waals surface area contributed by atoms with Crippen molar-refractivity contribution in [2.24, 2.45) is 0 Å². The van der Waals surface area contributed by atoms with Crippen LogP contribution < -0.4 is 10.9 Å². The lowest BCUT2D eigenvalue weighted by molar-refractivity contribution is -0.708. The second kappa shape index (κ2) is 6.90. The van der Waals surface area contributed by atoms with E-state index in [1.165, 1.54) is 28.8 Å². The monoisotopic (exact) mass is 374 g/mol. The molecule has 0 amide bonds. The van der Waals surface area contributed by atoms with Gasteiger partial charge in [-0.1, -0.05) is 23.7 Å². The largest absolute Gasteiger partial charge is 0.334 e. The summed E-state index contributed by atoms with van der Waals surface area (Å²) in [4.78, 5) is 22.5. The number of halogens is 1. The van der Waals surface area contributed by atoms with Crippen LogP contribution in [0.5, 0.6) is 0 Å². The number of fused-ring (bicyclic) bond motifs is 3. The maximum Gasteiger partial charge on any atom is 0.260 e. The average Bonchev–Trinajstić information content (AvgIpc) is 2.99. The molecule has 1 aromatic carbocycles. The van der Waals surface area contributed by atoms with Crippen LogP contribution in [0.3, 0.4) is 0 Å². The van der Waals surface area contributed by atoms with Crippen LogP contribution in [0.15, 0.2) is 29.1 Å². The van der Waals surface area contributed by atoms with Crippen LogP contribution in [-0.2, 0) is 19.4 Å². The lowest BCUT2D eigenvalue weighted by atomic mass is 9.97. The molecule has 0 fully saturated rings. The van der Waals surface area contributed by atoms with Gasteiger partial charge >= 0.3 is 0 Å². The van der Waals surface area contributed by atoms with Gasteiger partial charge in [0, 0.05) is 15.5 Å². The van der Waals surface area contributed by atoms with Crippen LogP contribution in [0.25, 0.3) is 10.2 Å². The smallest absolute Gasteiger partial charge is 0.260 e. The molecule has 0 spiro atoms. The minimum Gasteiger partial charge on any atom is -0.334 e. The lowest BCUT2D eigenvalue weighted by Gasteiger charge is -2.11. The summed E-state index contributed by atoms with van der Waals surface area (Å²) in [5, 5.41) is 3.75. The zero-order chi connectivity index (χ0) is 17.4. The molecule has 1 aliphatic carbocycles. The number of aromatic amines is 1. The summed E-state index contributed by atoms with van der Waals surface area (Å²) in [5.41, 5.74) is 2.47. The Morgan fingerprint density at radius 3 is 2.84 bits per heavy atom. The molecular formula is C19H21ClN3OS+. The molecule has 0 saturated heterocycles. The van der Waals surface area contributed by atoms with Gasteiger partial charge in [-0.3, -0.25) is 4.79 Å². The third-order valence-corrected chi connectivity index (χ3v) is 6.37. The predicted octanol–water partition coefficient (Wildman–Crippen LogP) is 3.34. The summed E-state index contributed by atoms with van der Waals surface area (Å²) in [6, 6.07) is 8.16. The number of hydrogen-bond donors (Lipinski definition) is 2. The van der Waals surface area contributed by atoms with Gasteiger partial charge in [-0.15, -0.1) is 11.3 Å². The first kappa shape index (κ1) is 16.8. The number of quaternary nitrogens is 1. The molecule has 0 unspecified atom stereocenters. The fourth-order valence-electron chi connectivity index (χ4n) is 3.50. The Kier molecular flexibility index (Phi) is 4.63. The van der Waals surface area contributed by atoms with E-state index in [-0.39, 0.29) is 11.6 Å². The van der Waals surface area contributed by atoms with Gasteiger partial charge in [-0.2, -0.15) is 0 Å². The van der Waals surface area contributed by atoms with E-state index in [1.807, 2.05) is 24.3 Å². The van der Waals surface area contributed by atoms with Crippen molar-refractivity contribution in [3.05, 3.63) is 61.5 Å². The van der Waals surface area contributed by atoms with Gasteiger partial charge in [0.1, 0.15) is 17.4 Å². The van der Waals surface area contributed by atoms with Gasteiger partial charge in [0.15, 0.2) is 5.82 Å². The second-order valence-corrected chi connectivity index (χ2v) is 8.20. The Bertz CT molecular complexity index is 961. The number of aromatic nitrogens is 2. The molecule has 1 aliphatic rings. The van der Waals surface area contributed by atoms with Crippen molar-refractivity contribution in [3.8, 4) is 0 Å². The van der Waals surface area contributed by atoms with Crippen LogP contribution >= 0.6 is 22.9 Å². The topological polar surface area (TPSA) is 62.4 Å². The molecule has 4 rings (SSSR count). The van der Waals surface area contributed by atoms with Gasteiger partial charge in [0.2, 0.25) is 0 Å². The Labute approximate surface area is 155 Å². The molecule has 0 aliphatic heterocycles. The van der Waals surface area contributed by atoms with Crippen molar-refractivity contribution in [2.45, 2.75) is 45.2 Å². The van der Waals surface area contributed by atoms with Crippen LogP contribution in [0, 0.1) is 0 Å².